The number of anilines is 2. The van der Waals surface area contributed by atoms with Crippen molar-refractivity contribution < 1.29 is 23.9 Å². The maximum absolute atomic E-state index is 13.0. The van der Waals surface area contributed by atoms with Gasteiger partial charge in [-0.2, -0.15) is 0 Å². The lowest BCUT2D eigenvalue weighted by Crippen LogP contribution is -2.32. The number of methoxy groups -OCH3 is 1. The molecule has 0 fully saturated rings. The molecule has 7 nitrogen and oxygen atoms in total. The first-order valence-corrected chi connectivity index (χ1v) is 11.3. The third kappa shape index (κ3) is 4.39. The van der Waals surface area contributed by atoms with Crippen LogP contribution in [0.5, 0.6) is 11.5 Å². The predicted octanol–water partition coefficient (Wildman–Crippen LogP) is 5.50. The van der Waals surface area contributed by atoms with Crippen LogP contribution in [-0.4, -0.2) is 24.9 Å². The quantitative estimate of drug-likeness (QED) is 0.214. The SMILES string of the molecule is COc1ccc(N2C(=O)C(Cl)=C(Nc3ccc(C(=O)Oc4ccc5ccccc5c4)cc3)C2=O)cc1. The number of carbonyl (C=O) groups excluding carboxylic acids is 3. The smallest absolute Gasteiger partial charge is 0.343 e. The van der Waals surface area contributed by atoms with E-state index in [-0.39, 0.29) is 10.7 Å². The van der Waals surface area contributed by atoms with Gasteiger partial charge in [0, 0.05) is 5.69 Å². The van der Waals surface area contributed by atoms with Crippen molar-refractivity contribution in [1.82, 2.24) is 0 Å². The van der Waals surface area contributed by atoms with Crippen LogP contribution in [0.25, 0.3) is 10.8 Å². The molecular formula is C28H19ClN2O5. The van der Waals surface area contributed by atoms with E-state index in [9.17, 15) is 14.4 Å². The topological polar surface area (TPSA) is 84.9 Å². The number of rotatable bonds is 6. The first-order valence-electron chi connectivity index (χ1n) is 11.0. The fourth-order valence-electron chi connectivity index (χ4n) is 3.81. The van der Waals surface area contributed by atoms with Crippen LogP contribution in [0, 0.1) is 0 Å². The molecule has 0 saturated heterocycles. The number of hydrogen-bond donors (Lipinski definition) is 1. The molecule has 4 aromatic carbocycles. The first kappa shape index (κ1) is 23.1. The van der Waals surface area contributed by atoms with E-state index >= 15 is 0 Å². The van der Waals surface area contributed by atoms with Crippen LogP contribution in [0.4, 0.5) is 11.4 Å². The number of halogens is 1. The first-order chi connectivity index (χ1) is 17.4. The van der Waals surface area contributed by atoms with Gasteiger partial charge in [-0.05, 0) is 71.4 Å². The van der Waals surface area contributed by atoms with Gasteiger partial charge in [-0.3, -0.25) is 9.59 Å². The Morgan fingerprint density at radius 3 is 2.17 bits per heavy atom. The zero-order valence-corrected chi connectivity index (χ0v) is 19.8. The molecule has 0 unspecified atom stereocenters. The predicted molar refractivity (Wildman–Crippen MR) is 137 cm³/mol. The highest BCUT2D eigenvalue weighted by atomic mass is 35.5. The summed E-state index contributed by atoms with van der Waals surface area (Å²) < 4.78 is 10.6. The summed E-state index contributed by atoms with van der Waals surface area (Å²) in [5.41, 5.74) is 1.11. The molecule has 0 atom stereocenters. The van der Waals surface area contributed by atoms with Crippen molar-refractivity contribution in [1.29, 1.82) is 0 Å². The van der Waals surface area contributed by atoms with Crippen LogP contribution >= 0.6 is 11.6 Å². The Labute approximate surface area is 211 Å². The molecule has 5 rings (SSSR count). The highest BCUT2D eigenvalue weighted by molar-refractivity contribution is 6.53. The largest absolute Gasteiger partial charge is 0.497 e. The molecule has 36 heavy (non-hydrogen) atoms. The molecule has 1 aliphatic heterocycles. The average molecular weight is 499 g/mol. The summed E-state index contributed by atoms with van der Waals surface area (Å²) in [6, 6.07) is 26.0. The minimum atomic E-state index is -0.634. The van der Waals surface area contributed by atoms with Crippen molar-refractivity contribution in [2.75, 3.05) is 17.3 Å². The molecule has 0 spiro atoms. The van der Waals surface area contributed by atoms with E-state index < -0.39 is 17.8 Å². The van der Waals surface area contributed by atoms with E-state index in [1.165, 1.54) is 7.11 Å². The summed E-state index contributed by atoms with van der Waals surface area (Å²) in [5, 5.41) is 4.67. The Balaban J connectivity index is 1.28. The lowest BCUT2D eigenvalue weighted by atomic mass is 10.1. The molecule has 4 aromatic rings. The van der Waals surface area contributed by atoms with E-state index in [0.717, 1.165) is 15.7 Å². The van der Waals surface area contributed by atoms with Crippen molar-refractivity contribution in [3.05, 3.63) is 107 Å². The number of nitrogens with one attached hydrogen (secondary N) is 1. The number of hydrogen-bond acceptors (Lipinski definition) is 6. The van der Waals surface area contributed by atoms with Crippen LogP contribution in [0.3, 0.4) is 0 Å². The van der Waals surface area contributed by atoms with Gasteiger partial charge in [0.2, 0.25) is 0 Å². The van der Waals surface area contributed by atoms with Crippen LogP contribution < -0.4 is 19.7 Å². The number of imide groups is 1. The van der Waals surface area contributed by atoms with Gasteiger partial charge in [0.25, 0.3) is 11.8 Å². The Bertz CT molecular complexity index is 1530. The molecule has 0 bridgehead atoms. The molecule has 0 saturated carbocycles. The van der Waals surface area contributed by atoms with Crippen LogP contribution in [0.15, 0.2) is 102 Å². The number of fused-ring (bicyclic) bond motifs is 1. The second-order valence-electron chi connectivity index (χ2n) is 7.93. The van der Waals surface area contributed by atoms with Gasteiger partial charge < -0.3 is 14.8 Å². The zero-order valence-electron chi connectivity index (χ0n) is 19.0. The molecule has 1 N–H and O–H groups in total. The van der Waals surface area contributed by atoms with Crippen molar-refractivity contribution >= 4 is 51.5 Å². The third-order valence-electron chi connectivity index (χ3n) is 5.68. The lowest BCUT2D eigenvalue weighted by molar-refractivity contribution is -0.120. The summed E-state index contributed by atoms with van der Waals surface area (Å²) in [6.45, 7) is 0. The fourth-order valence-corrected chi connectivity index (χ4v) is 4.02. The van der Waals surface area contributed by atoms with Gasteiger partial charge >= 0.3 is 5.97 Å². The Morgan fingerprint density at radius 1 is 0.806 bits per heavy atom. The maximum atomic E-state index is 13.0. The summed E-state index contributed by atoms with van der Waals surface area (Å²) in [7, 11) is 1.52. The molecule has 178 valence electrons. The van der Waals surface area contributed by atoms with Gasteiger partial charge in [0.1, 0.15) is 22.2 Å². The fraction of sp³-hybridized carbons (Fsp3) is 0.0357. The molecular weight excluding hydrogens is 480 g/mol. The molecule has 1 aliphatic rings. The van der Waals surface area contributed by atoms with E-state index in [1.54, 1.807) is 60.7 Å². The molecule has 1 heterocycles. The zero-order chi connectivity index (χ0) is 25.2. The minimum Gasteiger partial charge on any atom is -0.497 e. The molecule has 8 heteroatoms. The van der Waals surface area contributed by atoms with E-state index in [1.807, 2.05) is 30.3 Å². The van der Waals surface area contributed by atoms with Crippen LogP contribution in [0.2, 0.25) is 0 Å². The van der Waals surface area contributed by atoms with Gasteiger partial charge in [-0.1, -0.05) is 41.9 Å². The summed E-state index contributed by atoms with van der Waals surface area (Å²) in [4.78, 5) is 39.2. The number of benzene rings is 4. The molecule has 0 radical (unpaired) electrons. The summed E-state index contributed by atoms with van der Waals surface area (Å²) in [5.74, 6) is -0.715. The van der Waals surface area contributed by atoms with Crippen LogP contribution in [-0.2, 0) is 9.59 Å². The molecule has 0 aliphatic carbocycles. The Kier molecular flexibility index (Phi) is 6.14. The second-order valence-corrected chi connectivity index (χ2v) is 8.31. The van der Waals surface area contributed by atoms with Crippen molar-refractivity contribution in [2.24, 2.45) is 0 Å². The van der Waals surface area contributed by atoms with Gasteiger partial charge in [-0.25, -0.2) is 9.69 Å². The monoisotopic (exact) mass is 498 g/mol. The highest BCUT2D eigenvalue weighted by Crippen LogP contribution is 2.31. The summed E-state index contributed by atoms with van der Waals surface area (Å²) in [6.07, 6.45) is 0. The van der Waals surface area contributed by atoms with Gasteiger partial charge in [0.15, 0.2) is 0 Å². The van der Waals surface area contributed by atoms with E-state index in [4.69, 9.17) is 21.1 Å². The van der Waals surface area contributed by atoms with Crippen molar-refractivity contribution in [3.63, 3.8) is 0 Å². The number of ether oxygens (including phenoxy) is 2. The maximum Gasteiger partial charge on any atom is 0.343 e. The van der Waals surface area contributed by atoms with Gasteiger partial charge in [0.05, 0.1) is 18.4 Å². The summed E-state index contributed by atoms with van der Waals surface area (Å²) >= 11 is 6.20. The average Bonchev–Trinajstić information content (AvgIpc) is 3.12. The highest BCUT2D eigenvalue weighted by Gasteiger charge is 2.39. The number of nitrogens with zero attached hydrogens (tertiary/aromatic N) is 1. The van der Waals surface area contributed by atoms with E-state index in [0.29, 0.717) is 28.4 Å². The van der Waals surface area contributed by atoms with Crippen LogP contribution in [0.1, 0.15) is 10.4 Å². The normalized spacial score (nSPS) is 13.3. The Hall–Kier alpha value is -4.62. The lowest BCUT2D eigenvalue weighted by Gasteiger charge is -2.15. The minimum absolute atomic E-state index is 0.0519. The number of carbonyl (C=O) groups is 3. The number of amides is 2. The Morgan fingerprint density at radius 2 is 1.47 bits per heavy atom. The van der Waals surface area contributed by atoms with Crippen molar-refractivity contribution in [3.8, 4) is 11.5 Å². The standard InChI is InChI=1S/C28H19ClN2O5/c1-35-22-14-11-21(12-15-22)31-26(32)24(29)25(27(31)33)30-20-9-6-18(7-10-20)28(34)36-23-13-8-17-4-2-3-5-19(17)16-23/h2-16,30H,1H3. The number of esters is 1. The second kappa shape index (κ2) is 9.56. The van der Waals surface area contributed by atoms with E-state index in [2.05, 4.69) is 5.32 Å². The molecule has 2 amide bonds. The molecule has 0 aromatic heterocycles. The van der Waals surface area contributed by atoms with Crippen molar-refractivity contribution in [2.45, 2.75) is 0 Å². The van der Waals surface area contributed by atoms with Gasteiger partial charge in [-0.15, -0.1) is 0 Å². The third-order valence-corrected chi connectivity index (χ3v) is 6.03.